The van der Waals surface area contributed by atoms with E-state index in [4.69, 9.17) is 11.6 Å². The van der Waals surface area contributed by atoms with Crippen LogP contribution in [0.1, 0.15) is 22.3 Å². The second kappa shape index (κ2) is 7.48. The Hall–Kier alpha value is -2.52. The molecular formula is C18H11ClF3NO4S. The third-order valence-corrected chi connectivity index (χ3v) is 5.60. The van der Waals surface area contributed by atoms with Crippen LogP contribution in [0.15, 0.2) is 47.4 Å². The number of anilines is 1. The Balaban J connectivity index is 1.90. The van der Waals surface area contributed by atoms with E-state index < -0.39 is 39.8 Å². The Morgan fingerprint density at radius 3 is 2.50 bits per heavy atom. The highest BCUT2D eigenvalue weighted by molar-refractivity contribution is 8.00. The fourth-order valence-electron chi connectivity index (χ4n) is 2.74. The molecule has 2 aromatic carbocycles. The zero-order valence-electron chi connectivity index (χ0n) is 13.9. The molecule has 0 bridgehead atoms. The molecule has 0 aromatic heterocycles. The minimum Gasteiger partial charge on any atom is -0.478 e. The summed E-state index contributed by atoms with van der Waals surface area (Å²) in [5.41, 5.74) is -1.42. The Kier molecular flexibility index (Phi) is 5.40. The van der Waals surface area contributed by atoms with Gasteiger partial charge in [-0.1, -0.05) is 23.7 Å². The first-order chi connectivity index (χ1) is 13.1. The molecule has 28 heavy (non-hydrogen) atoms. The van der Waals surface area contributed by atoms with E-state index in [0.29, 0.717) is 11.0 Å². The lowest BCUT2D eigenvalue weighted by atomic mass is 10.2. The molecule has 0 radical (unpaired) electrons. The van der Waals surface area contributed by atoms with Crippen LogP contribution in [-0.2, 0) is 15.8 Å². The van der Waals surface area contributed by atoms with Crippen LogP contribution in [0.2, 0.25) is 5.02 Å². The zero-order valence-corrected chi connectivity index (χ0v) is 15.4. The van der Waals surface area contributed by atoms with Crippen LogP contribution >= 0.6 is 23.4 Å². The van der Waals surface area contributed by atoms with Gasteiger partial charge in [0.15, 0.2) is 0 Å². The number of aromatic carboxylic acids is 1. The van der Waals surface area contributed by atoms with Gasteiger partial charge in [0.05, 0.1) is 27.1 Å². The quantitative estimate of drug-likeness (QED) is 0.725. The van der Waals surface area contributed by atoms with Gasteiger partial charge in [0.1, 0.15) is 0 Å². The summed E-state index contributed by atoms with van der Waals surface area (Å²) in [5.74, 6) is -2.58. The third-order valence-electron chi connectivity index (χ3n) is 4.01. The summed E-state index contributed by atoms with van der Waals surface area (Å²) in [4.78, 5) is 37.2. The van der Waals surface area contributed by atoms with E-state index in [1.54, 1.807) is 6.07 Å². The average Bonchev–Trinajstić information content (AvgIpc) is 2.88. The van der Waals surface area contributed by atoms with Crippen molar-refractivity contribution >= 4 is 46.8 Å². The Bertz CT molecular complexity index is 980. The number of nitrogens with zero attached hydrogens (tertiary/aromatic N) is 1. The summed E-state index contributed by atoms with van der Waals surface area (Å²) >= 11 is 6.46. The minimum absolute atomic E-state index is 0.0305. The number of carbonyl (C=O) groups is 3. The van der Waals surface area contributed by atoms with Crippen molar-refractivity contribution in [3.63, 3.8) is 0 Å². The van der Waals surface area contributed by atoms with Gasteiger partial charge in [-0.05, 0) is 30.3 Å². The van der Waals surface area contributed by atoms with Gasteiger partial charge >= 0.3 is 12.1 Å². The van der Waals surface area contributed by atoms with Crippen molar-refractivity contribution in [1.29, 1.82) is 0 Å². The highest BCUT2D eigenvalue weighted by atomic mass is 35.5. The van der Waals surface area contributed by atoms with E-state index in [2.05, 4.69) is 0 Å². The van der Waals surface area contributed by atoms with Crippen molar-refractivity contribution in [2.75, 3.05) is 4.90 Å². The number of alkyl halides is 3. The molecule has 5 nitrogen and oxygen atoms in total. The molecule has 1 fully saturated rings. The van der Waals surface area contributed by atoms with Gasteiger partial charge in [0, 0.05) is 11.3 Å². The largest absolute Gasteiger partial charge is 0.478 e. The average molecular weight is 430 g/mol. The number of amides is 2. The molecule has 0 aliphatic carbocycles. The van der Waals surface area contributed by atoms with Crippen LogP contribution in [0.3, 0.4) is 0 Å². The van der Waals surface area contributed by atoms with E-state index in [-0.39, 0.29) is 22.6 Å². The van der Waals surface area contributed by atoms with Crippen LogP contribution in [-0.4, -0.2) is 28.1 Å². The second-order valence-corrected chi connectivity index (χ2v) is 7.49. The first-order valence-corrected chi connectivity index (χ1v) is 9.08. The van der Waals surface area contributed by atoms with Gasteiger partial charge in [-0.2, -0.15) is 13.2 Å². The number of benzene rings is 2. The predicted molar refractivity (Wildman–Crippen MR) is 96.6 cm³/mol. The highest BCUT2D eigenvalue weighted by Gasteiger charge is 2.42. The van der Waals surface area contributed by atoms with E-state index >= 15 is 0 Å². The van der Waals surface area contributed by atoms with Gasteiger partial charge < -0.3 is 5.11 Å². The van der Waals surface area contributed by atoms with Gasteiger partial charge in [-0.3, -0.25) is 9.59 Å². The van der Waals surface area contributed by atoms with Crippen molar-refractivity contribution < 1.29 is 32.7 Å². The number of rotatable bonds is 4. The van der Waals surface area contributed by atoms with E-state index in [1.165, 1.54) is 18.2 Å². The van der Waals surface area contributed by atoms with Gasteiger partial charge in [-0.15, -0.1) is 11.8 Å². The molecule has 1 atom stereocenters. The number of thioether (sulfide) groups is 1. The summed E-state index contributed by atoms with van der Waals surface area (Å²) in [7, 11) is 0. The van der Waals surface area contributed by atoms with Gasteiger partial charge in [0.25, 0.3) is 0 Å². The van der Waals surface area contributed by atoms with Crippen LogP contribution in [0, 0.1) is 0 Å². The third kappa shape index (κ3) is 3.85. The number of carboxylic acids is 1. The van der Waals surface area contributed by atoms with Crippen LogP contribution in [0.5, 0.6) is 0 Å². The summed E-state index contributed by atoms with van der Waals surface area (Å²) in [6, 6.07) is 8.75. The highest BCUT2D eigenvalue weighted by Crippen LogP contribution is 2.40. The molecule has 2 aromatic rings. The first kappa shape index (κ1) is 20.2. The Labute approximate surface area is 166 Å². The lowest BCUT2D eigenvalue weighted by Crippen LogP contribution is -2.31. The predicted octanol–water partition coefficient (Wildman–Crippen LogP) is 4.48. The van der Waals surface area contributed by atoms with Crippen molar-refractivity contribution in [2.24, 2.45) is 0 Å². The summed E-state index contributed by atoms with van der Waals surface area (Å²) in [6.07, 6.45) is -5.01. The SMILES string of the molecule is O=C(O)c1ccccc1SC1CC(=O)N(c2ccc(Cl)c(C(F)(F)F)c2)C1=O. The van der Waals surface area contributed by atoms with E-state index in [1.807, 2.05) is 0 Å². The van der Waals surface area contributed by atoms with Crippen molar-refractivity contribution in [3.05, 3.63) is 58.6 Å². The monoisotopic (exact) mass is 429 g/mol. The number of carbonyl (C=O) groups excluding carboxylic acids is 2. The molecule has 1 aliphatic heterocycles. The Morgan fingerprint density at radius 1 is 1.18 bits per heavy atom. The van der Waals surface area contributed by atoms with Gasteiger partial charge in [0.2, 0.25) is 11.8 Å². The Morgan fingerprint density at radius 2 is 1.86 bits per heavy atom. The topological polar surface area (TPSA) is 74.7 Å². The van der Waals surface area contributed by atoms with Crippen molar-refractivity contribution in [1.82, 2.24) is 0 Å². The van der Waals surface area contributed by atoms with E-state index in [9.17, 15) is 32.7 Å². The van der Waals surface area contributed by atoms with Crippen molar-refractivity contribution in [2.45, 2.75) is 22.7 Å². The molecule has 1 heterocycles. The molecule has 1 unspecified atom stereocenters. The molecule has 0 spiro atoms. The lowest BCUT2D eigenvalue weighted by molar-refractivity contribution is -0.137. The summed E-state index contributed by atoms with van der Waals surface area (Å²) < 4.78 is 39.2. The summed E-state index contributed by atoms with van der Waals surface area (Å²) in [5, 5.41) is 7.73. The molecule has 146 valence electrons. The number of hydrogen-bond donors (Lipinski definition) is 1. The molecule has 10 heteroatoms. The maximum atomic E-state index is 13.1. The molecule has 1 saturated heterocycles. The van der Waals surface area contributed by atoms with Crippen LogP contribution < -0.4 is 4.90 Å². The van der Waals surface area contributed by atoms with E-state index in [0.717, 1.165) is 23.9 Å². The number of hydrogen-bond acceptors (Lipinski definition) is 4. The molecule has 1 aliphatic rings. The van der Waals surface area contributed by atoms with Crippen LogP contribution in [0.25, 0.3) is 0 Å². The number of carboxylic acid groups (broad SMARTS) is 1. The van der Waals surface area contributed by atoms with Gasteiger partial charge in [-0.25, -0.2) is 9.69 Å². The zero-order chi connectivity index (χ0) is 20.6. The molecule has 3 rings (SSSR count). The standard InChI is InChI=1S/C18H11ClF3NO4S/c19-12-6-5-9(7-11(12)18(20,21)22)23-15(24)8-14(16(23)25)28-13-4-2-1-3-10(13)17(26)27/h1-7,14H,8H2,(H,26,27). The first-order valence-electron chi connectivity index (χ1n) is 7.82. The molecule has 2 amide bonds. The minimum atomic E-state index is -4.74. The fraction of sp³-hybridized carbons (Fsp3) is 0.167. The molecule has 1 N–H and O–H groups in total. The normalized spacial score (nSPS) is 17.3. The smallest absolute Gasteiger partial charge is 0.417 e. The van der Waals surface area contributed by atoms with Crippen LogP contribution in [0.4, 0.5) is 18.9 Å². The van der Waals surface area contributed by atoms with Crippen molar-refractivity contribution in [3.8, 4) is 0 Å². The number of imide groups is 1. The maximum Gasteiger partial charge on any atom is 0.417 e. The summed E-state index contributed by atoms with van der Waals surface area (Å²) in [6.45, 7) is 0. The molecule has 0 saturated carbocycles. The fourth-order valence-corrected chi connectivity index (χ4v) is 4.14. The number of halogens is 4. The second-order valence-electron chi connectivity index (χ2n) is 5.84. The lowest BCUT2D eigenvalue weighted by Gasteiger charge is -2.18. The molecular weight excluding hydrogens is 419 g/mol. The maximum absolute atomic E-state index is 13.1.